The third kappa shape index (κ3) is 1.48. The maximum atomic E-state index is 11.8. The summed E-state index contributed by atoms with van der Waals surface area (Å²) in [4.78, 5) is 25.3. The lowest BCUT2D eigenvalue weighted by Gasteiger charge is -2.22. The fourth-order valence-corrected chi connectivity index (χ4v) is 2.72. The molecule has 1 fully saturated rings. The van der Waals surface area contributed by atoms with Gasteiger partial charge in [-0.2, -0.15) is 0 Å². The van der Waals surface area contributed by atoms with E-state index in [-0.39, 0.29) is 6.61 Å². The number of nitrogens with one attached hydrogen (secondary N) is 1. The highest BCUT2D eigenvalue weighted by molar-refractivity contribution is 5.18. The Bertz CT molecular complexity index is 602. The summed E-state index contributed by atoms with van der Waals surface area (Å²) in [5, 5.41) is 9.44. The minimum absolute atomic E-state index is 0.250. The van der Waals surface area contributed by atoms with Crippen molar-refractivity contribution in [2.45, 2.75) is 37.9 Å². The van der Waals surface area contributed by atoms with Crippen molar-refractivity contribution in [3.63, 3.8) is 0 Å². The summed E-state index contributed by atoms with van der Waals surface area (Å²) >= 11 is 0. The number of aliphatic hydroxyl groups excluding tert-OH is 1. The summed E-state index contributed by atoms with van der Waals surface area (Å²) < 4.78 is 12.7. The lowest BCUT2D eigenvalue weighted by atomic mass is 10.1. The standard InChI is InChI=1S/C11H14N2O5/c1-11(2)17-8-5-3-7(15)12-10(16)13(5)6(4-14)9(8)18-11/h3,6,8-9,14H,4H2,1-2H3,(H,12,15,16)/t6-,8+,9-/m1/s1. The second-order valence-corrected chi connectivity index (χ2v) is 5.00. The summed E-state index contributed by atoms with van der Waals surface area (Å²) in [6.07, 6.45) is -0.944. The summed E-state index contributed by atoms with van der Waals surface area (Å²) in [5.41, 5.74) is -0.564. The van der Waals surface area contributed by atoms with Crippen molar-refractivity contribution < 1.29 is 14.6 Å². The van der Waals surface area contributed by atoms with Crippen LogP contribution < -0.4 is 11.2 Å². The fourth-order valence-electron chi connectivity index (χ4n) is 2.72. The predicted octanol–water partition coefficient (Wildman–Crippen LogP) is -0.724. The Balaban J connectivity index is 2.19. The van der Waals surface area contributed by atoms with E-state index in [1.807, 2.05) is 0 Å². The third-order valence-electron chi connectivity index (χ3n) is 3.32. The first-order valence-corrected chi connectivity index (χ1v) is 5.75. The number of nitrogens with zero attached hydrogens (tertiary/aromatic N) is 1. The quantitative estimate of drug-likeness (QED) is 0.689. The molecule has 2 aliphatic rings. The second-order valence-electron chi connectivity index (χ2n) is 5.00. The highest BCUT2D eigenvalue weighted by Gasteiger charge is 2.52. The van der Waals surface area contributed by atoms with E-state index >= 15 is 0 Å². The number of H-pyrrole nitrogens is 1. The van der Waals surface area contributed by atoms with Gasteiger partial charge in [0.2, 0.25) is 0 Å². The van der Waals surface area contributed by atoms with E-state index in [9.17, 15) is 14.7 Å². The normalized spacial score (nSPS) is 32.3. The SMILES string of the molecule is CC1(C)O[C@@H]2[C@@H](CO)n3c(cc(=O)[nH]c3=O)[C@@H]2O1. The fraction of sp³-hybridized carbons (Fsp3) is 0.636. The average Bonchev–Trinajstić information content (AvgIpc) is 2.70. The van der Waals surface area contributed by atoms with Gasteiger partial charge < -0.3 is 14.6 Å². The van der Waals surface area contributed by atoms with Crippen LogP contribution >= 0.6 is 0 Å². The summed E-state index contributed by atoms with van der Waals surface area (Å²) in [6.45, 7) is 3.27. The largest absolute Gasteiger partial charge is 0.394 e. The van der Waals surface area contributed by atoms with Gasteiger partial charge in [0.25, 0.3) is 5.56 Å². The van der Waals surface area contributed by atoms with Gasteiger partial charge in [-0.3, -0.25) is 14.3 Å². The van der Waals surface area contributed by atoms with Crippen molar-refractivity contribution in [1.29, 1.82) is 0 Å². The molecule has 7 heteroatoms. The molecule has 0 bridgehead atoms. The Morgan fingerprint density at radius 1 is 1.44 bits per heavy atom. The number of aromatic amines is 1. The molecule has 18 heavy (non-hydrogen) atoms. The monoisotopic (exact) mass is 254 g/mol. The van der Waals surface area contributed by atoms with Crippen LogP contribution in [0.5, 0.6) is 0 Å². The first-order chi connectivity index (χ1) is 8.43. The Morgan fingerprint density at radius 3 is 2.83 bits per heavy atom. The van der Waals surface area contributed by atoms with Crippen LogP contribution in [0.3, 0.4) is 0 Å². The molecule has 0 radical (unpaired) electrons. The van der Waals surface area contributed by atoms with Gasteiger partial charge in [0, 0.05) is 6.07 Å². The summed E-state index contributed by atoms with van der Waals surface area (Å²) in [7, 11) is 0. The number of hydrogen-bond acceptors (Lipinski definition) is 5. The molecule has 1 saturated heterocycles. The maximum absolute atomic E-state index is 11.8. The van der Waals surface area contributed by atoms with E-state index in [1.165, 1.54) is 10.6 Å². The molecule has 3 atom stereocenters. The zero-order valence-corrected chi connectivity index (χ0v) is 10.0. The number of fused-ring (bicyclic) bond motifs is 3. The third-order valence-corrected chi connectivity index (χ3v) is 3.32. The highest BCUT2D eigenvalue weighted by Crippen LogP contribution is 2.46. The zero-order valence-electron chi connectivity index (χ0n) is 10.0. The van der Waals surface area contributed by atoms with Crippen LogP contribution in [-0.4, -0.2) is 33.2 Å². The van der Waals surface area contributed by atoms with Crippen LogP contribution in [0.25, 0.3) is 0 Å². The summed E-state index contributed by atoms with van der Waals surface area (Å²) in [5.74, 6) is -0.785. The number of ether oxygens (including phenoxy) is 2. The van der Waals surface area contributed by atoms with E-state index in [1.54, 1.807) is 13.8 Å². The van der Waals surface area contributed by atoms with E-state index in [2.05, 4.69) is 4.98 Å². The Morgan fingerprint density at radius 2 is 2.17 bits per heavy atom. The Kier molecular flexibility index (Phi) is 2.28. The van der Waals surface area contributed by atoms with Crippen molar-refractivity contribution in [3.05, 3.63) is 32.6 Å². The van der Waals surface area contributed by atoms with Crippen molar-refractivity contribution in [2.24, 2.45) is 0 Å². The predicted molar refractivity (Wildman–Crippen MR) is 60.2 cm³/mol. The molecule has 0 spiro atoms. The van der Waals surface area contributed by atoms with Crippen molar-refractivity contribution in [1.82, 2.24) is 9.55 Å². The molecule has 7 nitrogen and oxygen atoms in total. The Hall–Kier alpha value is -1.44. The minimum atomic E-state index is -0.785. The van der Waals surface area contributed by atoms with Crippen LogP contribution in [-0.2, 0) is 9.47 Å². The molecule has 1 aromatic heterocycles. The lowest BCUT2D eigenvalue weighted by molar-refractivity contribution is -0.155. The van der Waals surface area contributed by atoms with Gasteiger partial charge >= 0.3 is 5.69 Å². The molecular weight excluding hydrogens is 240 g/mol. The van der Waals surface area contributed by atoms with E-state index in [0.717, 1.165) is 0 Å². The molecule has 0 amide bonds. The molecule has 98 valence electrons. The molecule has 1 aromatic rings. The van der Waals surface area contributed by atoms with Gasteiger partial charge in [-0.25, -0.2) is 4.79 Å². The van der Waals surface area contributed by atoms with E-state index in [0.29, 0.717) is 5.69 Å². The van der Waals surface area contributed by atoms with Gasteiger partial charge in [0.05, 0.1) is 18.3 Å². The summed E-state index contributed by atoms with van der Waals surface area (Å²) in [6, 6.07) is 0.788. The lowest BCUT2D eigenvalue weighted by Crippen LogP contribution is -2.36. The van der Waals surface area contributed by atoms with Crippen LogP contribution in [0.1, 0.15) is 31.7 Å². The van der Waals surface area contributed by atoms with Gasteiger partial charge in [-0.05, 0) is 13.8 Å². The second kappa shape index (κ2) is 3.53. The number of rotatable bonds is 1. The van der Waals surface area contributed by atoms with Crippen molar-refractivity contribution in [2.75, 3.05) is 6.61 Å². The van der Waals surface area contributed by atoms with Crippen LogP contribution in [0.2, 0.25) is 0 Å². The molecule has 2 aliphatic heterocycles. The first kappa shape index (κ1) is 11.6. The van der Waals surface area contributed by atoms with Gasteiger partial charge in [0.1, 0.15) is 12.2 Å². The molecule has 0 saturated carbocycles. The van der Waals surface area contributed by atoms with E-state index in [4.69, 9.17) is 9.47 Å². The van der Waals surface area contributed by atoms with Crippen molar-refractivity contribution >= 4 is 0 Å². The molecule has 0 aromatic carbocycles. The van der Waals surface area contributed by atoms with E-state index < -0.39 is 35.3 Å². The highest BCUT2D eigenvalue weighted by atomic mass is 16.8. The van der Waals surface area contributed by atoms with Crippen molar-refractivity contribution in [3.8, 4) is 0 Å². The molecule has 3 heterocycles. The van der Waals surface area contributed by atoms with Gasteiger partial charge in [-0.15, -0.1) is 0 Å². The van der Waals surface area contributed by atoms with Crippen LogP contribution in [0.15, 0.2) is 15.7 Å². The Labute approximate surface area is 102 Å². The average molecular weight is 254 g/mol. The smallest absolute Gasteiger partial charge is 0.329 e. The van der Waals surface area contributed by atoms with Gasteiger partial charge in [-0.1, -0.05) is 0 Å². The molecule has 0 unspecified atom stereocenters. The molecule has 0 aliphatic carbocycles. The number of aromatic nitrogens is 2. The molecular formula is C11H14N2O5. The topological polar surface area (TPSA) is 93.5 Å². The maximum Gasteiger partial charge on any atom is 0.329 e. The zero-order chi connectivity index (χ0) is 13.1. The molecule has 2 N–H and O–H groups in total. The first-order valence-electron chi connectivity index (χ1n) is 5.75. The number of aliphatic hydroxyl groups is 1. The van der Waals surface area contributed by atoms with Crippen LogP contribution in [0, 0.1) is 0 Å². The van der Waals surface area contributed by atoms with Gasteiger partial charge in [0.15, 0.2) is 5.79 Å². The molecule has 3 rings (SSSR count). The minimum Gasteiger partial charge on any atom is -0.394 e. The number of hydrogen-bond donors (Lipinski definition) is 2. The van der Waals surface area contributed by atoms with Crippen LogP contribution in [0.4, 0.5) is 0 Å².